The smallest absolute Gasteiger partial charge is 0.250 e. The Morgan fingerprint density at radius 3 is 2.40 bits per heavy atom. The van der Waals surface area contributed by atoms with Crippen LogP contribution in [0.3, 0.4) is 0 Å². The van der Waals surface area contributed by atoms with Crippen LogP contribution in [0.15, 0.2) is 78.9 Å². The van der Waals surface area contributed by atoms with Gasteiger partial charge in [-0.1, -0.05) is 72.3 Å². The van der Waals surface area contributed by atoms with E-state index in [9.17, 15) is 9.59 Å². The van der Waals surface area contributed by atoms with E-state index in [4.69, 9.17) is 11.6 Å². The minimum atomic E-state index is -1.05. The molecule has 3 aromatic rings. The van der Waals surface area contributed by atoms with E-state index in [0.29, 0.717) is 17.1 Å². The molecule has 2 aliphatic rings. The summed E-state index contributed by atoms with van der Waals surface area (Å²) in [6, 6.07) is 24.6. The van der Waals surface area contributed by atoms with Crippen LogP contribution >= 0.6 is 11.6 Å². The first-order valence-electron chi connectivity index (χ1n) is 10.0. The monoisotopic (exact) mass is 416 g/mol. The van der Waals surface area contributed by atoms with Gasteiger partial charge in [0.1, 0.15) is 5.54 Å². The van der Waals surface area contributed by atoms with Gasteiger partial charge in [0.05, 0.1) is 5.92 Å². The normalized spacial score (nSPS) is 25.3. The van der Waals surface area contributed by atoms with Gasteiger partial charge >= 0.3 is 0 Å². The van der Waals surface area contributed by atoms with Crippen molar-refractivity contribution in [2.75, 3.05) is 18.9 Å². The maximum Gasteiger partial charge on any atom is 0.250 e. The number of nitrogens with one attached hydrogen (secondary N) is 1. The molecule has 1 N–H and O–H groups in total. The molecule has 3 atom stereocenters. The molecule has 1 saturated heterocycles. The van der Waals surface area contributed by atoms with E-state index in [0.717, 1.165) is 16.8 Å². The Kier molecular flexibility index (Phi) is 4.49. The molecule has 0 aliphatic carbocycles. The van der Waals surface area contributed by atoms with Crippen molar-refractivity contribution < 1.29 is 9.59 Å². The van der Waals surface area contributed by atoms with E-state index in [-0.39, 0.29) is 17.6 Å². The second-order valence-electron chi connectivity index (χ2n) is 8.01. The lowest BCUT2D eigenvalue weighted by molar-refractivity contribution is -0.126. The number of hydrogen-bond acceptors (Lipinski definition) is 3. The van der Waals surface area contributed by atoms with E-state index in [2.05, 4.69) is 5.32 Å². The Hall–Kier alpha value is -2.95. The number of Topliss-reactive ketones (excluding diaryl/α,β-unsaturated/α-hetero) is 1. The number of anilines is 1. The number of ketones is 1. The molecule has 0 radical (unpaired) electrons. The van der Waals surface area contributed by atoms with Crippen LogP contribution in [0.2, 0.25) is 5.02 Å². The second kappa shape index (κ2) is 7.08. The number of halogens is 1. The molecule has 5 heteroatoms. The summed E-state index contributed by atoms with van der Waals surface area (Å²) in [4.78, 5) is 29.5. The second-order valence-corrected chi connectivity index (χ2v) is 8.45. The highest BCUT2D eigenvalue weighted by molar-refractivity contribution is 6.30. The van der Waals surface area contributed by atoms with E-state index >= 15 is 0 Å². The van der Waals surface area contributed by atoms with Crippen LogP contribution in [0.25, 0.3) is 0 Å². The van der Waals surface area contributed by atoms with Gasteiger partial charge in [-0.25, -0.2) is 0 Å². The summed E-state index contributed by atoms with van der Waals surface area (Å²) in [5.41, 5.74) is 2.22. The number of amides is 1. The summed E-state index contributed by atoms with van der Waals surface area (Å²) in [6.45, 7) is 0.590. The Balaban J connectivity index is 1.73. The summed E-state index contributed by atoms with van der Waals surface area (Å²) in [5, 5.41) is 3.67. The lowest BCUT2D eigenvalue weighted by Gasteiger charge is -2.35. The fourth-order valence-corrected chi connectivity index (χ4v) is 5.31. The molecule has 0 bridgehead atoms. The van der Waals surface area contributed by atoms with Crippen molar-refractivity contribution in [3.05, 3.63) is 101 Å². The first-order chi connectivity index (χ1) is 14.5. The molecule has 2 aliphatic heterocycles. The number of fused-ring (bicyclic) bond motifs is 2. The molecule has 4 nitrogen and oxygen atoms in total. The lowest BCUT2D eigenvalue weighted by Crippen LogP contribution is -2.51. The van der Waals surface area contributed by atoms with E-state index < -0.39 is 11.5 Å². The van der Waals surface area contributed by atoms with Crippen molar-refractivity contribution in [2.45, 2.75) is 11.5 Å². The van der Waals surface area contributed by atoms with Gasteiger partial charge in [0, 0.05) is 34.3 Å². The molecular weight excluding hydrogens is 396 g/mol. The first kappa shape index (κ1) is 19.0. The van der Waals surface area contributed by atoms with Gasteiger partial charge in [-0.15, -0.1) is 0 Å². The van der Waals surface area contributed by atoms with Crippen molar-refractivity contribution in [3.8, 4) is 0 Å². The van der Waals surface area contributed by atoms with Gasteiger partial charge in [0.2, 0.25) is 5.91 Å². The molecule has 3 unspecified atom stereocenters. The van der Waals surface area contributed by atoms with Gasteiger partial charge in [-0.05, 0) is 30.8 Å². The first-order valence-corrected chi connectivity index (χ1v) is 10.4. The Morgan fingerprint density at radius 1 is 1.00 bits per heavy atom. The molecule has 0 saturated carbocycles. The summed E-state index contributed by atoms with van der Waals surface area (Å²) in [7, 11) is 1.93. The number of likely N-dealkylation sites (tertiary alicyclic amines) is 1. The van der Waals surface area contributed by atoms with E-state index in [1.54, 1.807) is 0 Å². The number of benzene rings is 3. The van der Waals surface area contributed by atoms with Crippen molar-refractivity contribution >= 4 is 29.0 Å². The molecule has 1 fully saturated rings. The van der Waals surface area contributed by atoms with Gasteiger partial charge < -0.3 is 5.32 Å². The Morgan fingerprint density at radius 2 is 1.67 bits per heavy atom. The maximum atomic E-state index is 13.9. The Labute approximate surface area is 180 Å². The predicted octanol–water partition coefficient (Wildman–Crippen LogP) is 4.72. The number of carbonyl (C=O) groups excluding carboxylic acids is 2. The minimum Gasteiger partial charge on any atom is -0.324 e. The molecule has 1 spiro atoms. The van der Waals surface area contributed by atoms with Crippen LogP contribution in [0, 0.1) is 5.92 Å². The zero-order valence-electron chi connectivity index (χ0n) is 16.5. The van der Waals surface area contributed by atoms with Crippen LogP contribution in [-0.2, 0) is 10.3 Å². The van der Waals surface area contributed by atoms with E-state index in [1.165, 1.54) is 0 Å². The summed E-state index contributed by atoms with van der Waals surface area (Å²) >= 11 is 6.11. The van der Waals surface area contributed by atoms with E-state index in [1.807, 2.05) is 90.8 Å². The van der Waals surface area contributed by atoms with Crippen molar-refractivity contribution in [1.82, 2.24) is 4.90 Å². The summed E-state index contributed by atoms with van der Waals surface area (Å²) in [6.07, 6.45) is 0. The predicted molar refractivity (Wildman–Crippen MR) is 118 cm³/mol. The van der Waals surface area contributed by atoms with Gasteiger partial charge in [0.15, 0.2) is 5.78 Å². The number of hydrogen-bond donors (Lipinski definition) is 1. The van der Waals surface area contributed by atoms with Crippen LogP contribution < -0.4 is 5.32 Å². The average Bonchev–Trinajstić information content (AvgIpc) is 3.24. The van der Waals surface area contributed by atoms with Crippen LogP contribution in [0.5, 0.6) is 0 Å². The third-order valence-electron chi connectivity index (χ3n) is 6.50. The highest BCUT2D eigenvalue weighted by Gasteiger charge is 2.64. The topological polar surface area (TPSA) is 49.4 Å². The highest BCUT2D eigenvalue weighted by Crippen LogP contribution is 2.55. The van der Waals surface area contributed by atoms with Crippen LogP contribution in [0.1, 0.15) is 27.4 Å². The highest BCUT2D eigenvalue weighted by atomic mass is 35.5. The summed E-state index contributed by atoms with van der Waals surface area (Å²) < 4.78 is 0. The largest absolute Gasteiger partial charge is 0.324 e. The molecule has 150 valence electrons. The van der Waals surface area contributed by atoms with Gasteiger partial charge in [-0.2, -0.15) is 0 Å². The molecule has 2 heterocycles. The fraction of sp³-hybridized carbons (Fsp3) is 0.200. The van der Waals surface area contributed by atoms with Crippen LogP contribution in [-0.4, -0.2) is 30.2 Å². The van der Waals surface area contributed by atoms with Crippen molar-refractivity contribution in [1.29, 1.82) is 0 Å². The van der Waals surface area contributed by atoms with Gasteiger partial charge in [0.25, 0.3) is 0 Å². The number of rotatable bonds is 3. The number of carbonyl (C=O) groups is 2. The zero-order chi connectivity index (χ0) is 20.9. The number of likely N-dealkylation sites (N-methyl/N-ethyl adjacent to an activating group) is 1. The quantitative estimate of drug-likeness (QED) is 0.629. The molecule has 1 amide bonds. The SMILES string of the molecule is CN1CC(c2ccc(Cl)cc2)C(C(=O)c2ccccc2)C12C(=O)Nc1ccccc12. The third-order valence-corrected chi connectivity index (χ3v) is 6.75. The van der Waals surface area contributed by atoms with Gasteiger partial charge in [-0.3, -0.25) is 14.5 Å². The number of para-hydroxylation sites is 1. The van der Waals surface area contributed by atoms with Crippen molar-refractivity contribution in [2.24, 2.45) is 5.92 Å². The molecule has 30 heavy (non-hydrogen) atoms. The average molecular weight is 417 g/mol. The Bertz CT molecular complexity index is 1130. The fourth-order valence-electron chi connectivity index (χ4n) is 5.19. The van der Waals surface area contributed by atoms with Crippen molar-refractivity contribution in [3.63, 3.8) is 0 Å². The zero-order valence-corrected chi connectivity index (χ0v) is 17.3. The third kappa shape index (κ3) is 2.64. The minimum absolute atomic E-state index is 0.0215. The molecule has 5 rings (SSSR count). The molecule has 0 aromatic heterocycles. The number of nitrogens with zero attached hydrogens (tertiary/aromatic N) is 1. The summed E-state index contributed by atoms with van der Waals surface area (Å²) in [5.74, 6) is -0.865. The lowest BCUT2D eigenvalue weighted by atomic mass is 9.70. The molecular formula is C25H21ClN2O2. The maximum absolute atomic E-state index is 13.9. The standard InChI is InChI=1S/C25H21ClN2O2/c1-28-15-19(16-11-13-18(26)14-12-16)22(23(29)17-7-3-2-4-8-17)25(28)20-9-5-6-10-21(20)27-24(25)30/h2-14,19,22H,15H2,1H3,(H,27,30). The van der Waals surface area contributed by atoms with Crippen LogP contribution in [0.4, 0.5) is 5.69 Å². The molecule has 3 aromatic carbocycles.